The van der Waals surface area contributed by atoms with Crippen LogP contribution in [0.5, 0.6) is 0 Å². The first kappa shape index (κ1) is 11.6. The monoisotopic (exact) mass is 254 g/mol. The quantitative estimate of drug-likeness (QED) is 0.831. The number of nitrogen functional groups attached to an aromatic ring is 1. The Kier molecular flexibility index (Phi) is 2.87. The van der Waals surface area contributed by atoms with Gasteiger partial charge in [-0.05, 0) is 23.8 Å². The van der Waals surface area contributed by atoms with Crippen LogP contribution in [0.3, 0.4) is 0 Å². The van der Waals surface area contributed by atoms with Crippen molar-refractivity contribution in [1.82, 2.24) is 14.9 Å². The highest BCUT2D eigenvalue weighted by molar-refractivity contribution is 5.92. The Bertz CT molecular complexity index is 609. The van der Waals surface area contributed by atoms with Gasteiger partial charge in [0.15, 0.2) is 0 Å². The maximum absolute atomic E-state index is 12.3. The second-order valence-electron chi connectivity index (χ2n) is 4.56. The molecule has 0 atom stereocenters. The molecule has 19 heavy (non-hydrogen) atoms. The van der Waals surface area contributed by atoms with Crippen LogP contribution in [0.25, 0.3) is 0 Å². The number of pyridine rings is 2. The lowest BCUT2D eigenvalue weighted by molar-refractivity contribution is 0.0727. The highest BCUT2D eigenvalue weighted by Gasteiger charge is 2.22. The summed E-state index contributed by atoms with van der Waals surface area (Å²) in [4.78, 5) is 22.5. The third kappa shape index (κ3) is 2.27. The molecule has 0 fully saturated rings. The molecule has 5 heteroatoms. The normalized spacial score (nSPS) is 14.0. The molecular formula is C14H14N4O. The fraction of sp³-hybridized carbons (Fsp3) is 0.214. The van der Waals surface area contributed by atoms with Crippen LogP contribution >= 0.6 is 0 Å². The number of hydrogen-bond donors (Lipinski definition) is 1. The Morgan fingerprint density at radius 3 is 2.95 bits per heavy atom. The molecule has 3 rings (SSSR count). The third-order valence-corrected chi connectivity index (χ3v) is 3.26. The molecule has 3 heterocycles. The molecule has 0 saturated heterocycles. The first-order valence-electron chi connectivity index (χ1n) is 6.17. The van der Waals surface area contributed by atoms with Crippen molar-refractivity contribution in [2.24, 2.45) is 0 Å². The zero-order chi connectivity index (χ0) is 13.2. The molecule has 0 bridgehead atoms. The number of anilines is 1. The molecular weight excluding hydrogens is 240 g/mol. The lowest BCUT2D eigenvalue weighted by Gasteiger charge is -2.27. The van der Waals surface area contributed by atoms with Crippen molar-refractivity contribution in [3.63, 3.8) is 0 Å². The number of aromatic nitrogens is 2. The summed E-state index contributed by atoms with van der Waals surface area (Å²) < 4.78 is 0. The molecule has 2 N–H and O–H groups in total. The number of rotatable bonds is 1. The molecule has 5 nitrogen and oxygen atoms in total. The van der Waals surface area contributed by atoms with Gasteiger partial charge >= 0.3 is 0 Å². The predicted molar refractivity (Wildman–Crippen MR) is 71.3 cm³/mol. The molecule has 2 aromatic heterocycles. The second-order valence-corrected chi connectivity index (χ2v) is 4.56. The van der Waals surface area contributed by atoms with Gasteiger partial charge in [-0.15, -0.1) is 0 Å². The summed E-state index contributed by atoms with van der Waals surface area (Å²) in [7, 11) is 0. The molecule has 2 aromatic rings. The fourth-order valence-corrected chi connectivity index (χ4v) is 2.23. The molecule has 1 amide bonds. The van der Waals surface area contributed by atoms with Crippen LogP contribution in [-0.2, 0) is 13.0 Å². The summed E-state index contributed by atoms with van der Waals surface area (Å²) in [6, 6.07) is 7.27. The van der Waals surface area contributed by atoms with Gasteiger partial charge in [0.2, 0.25) is 0 Å². The fourth-order valence-electron chi connectivity index (χ4n) is 2.23. The molecule has 96 valence electrons. The molecule has 0 spiro atoms. The van der Waals surface area contributed by atoms with Crippen molar-refractivity contribution in [3.8, 4) is 0 Å². The number of amides is 1. The predicted octanol–water partition coefficient (Wildman–Crippen LogP) is 1.26. The Balaban J connectivity index is 1.81. The molecule has 0 saturated carbocycles. The van der Waals surface area contributed by atoms with Gasteiger partial charge in [0.25, 0.3) is 5.91 Å². The summed E-state index contributed by atoms with van der Waals surface area (Å²) in [5.74, 6) is -0.0606. The number of carbonyl (C=O) groups excluding carboxylic acids is 1. The maximum Gasteiger partial charge on any atom is 0.272 e. The molecule has 1 aliphatic heterocycles. The van der Waals surface area contributed by atoms with Gasteiger partial charge in [-0.1, -0.05) is 6.07 Å². The lowest BCUT2D eigenvalue weighted by atomic mass is 10.1. The van der Waals surface area contributed by atoms with E-state index in [2.05, 4.69) is 9.97 Å². The van der Waals surface area contributed by atoms with Crippen molar-refractivity contribution < 1.29 is 4.79 Å². The number of fused-ring (bicyclic) bond motifs is 1. The van der Waals surface area contributed by atoms with Gasteiger partial charge in [0, 0.05) is 31.4 Å². The highest BCUT2D eigenvalue weighted by Crippen LogP contribution is 2.18. The summed E-state index contributed by atoms with van der Waals surface area (Å²) in [5.41, 5.74) is 8.75. The Morgan fingerprint density at radius 1 is 1.26 bits per heavy atom. The Hall–Kier alpha value is -2.43. The minimum atomic E-state index is -0.0606. The van der Waals surface area contributed by atoms with Crippen molar-refractivity contribution >= 4 is 11.6 Å². The van der Waals surface area contributed by atoms with E-state index < -0.39 is 0 Å². The van der Waals surface area contributed by atoms with Crippen LogP contribution < -0.4 is 5.73 Å². The van der Waals surface area contributed by atoms with Gasteiger partial charge in [-0.25, -0.2) is 4.98 Å². The molecule has 0 radical (unpaired) electrons. The van der Waals surface area contributed by atoms with E-state index in [-0.39, 0.29) is 5.91 Å². The Morgan fingerprint density at radius 2 is 2.16 bits per heavy atom. The lowest BCUT2D eigenvalue weighted by Crippen LogP contribution is -2.36. The second kappa shape index (κ2) is 4.68. The van der Waals surface area contributed by atoms with Gasteiger partial charge < -0.3 is 10.6 Å². The number of nitrogens with zero attached hydrogens (tertiary/aromatic N) is 3. The molecule has 0 unspecified atom stereocenters. The SMILES string of the molecule is Nc1ccc(C(=O)N2CCc3ncccc3C2)nc1. The topological polar surface area (TPSA) is 72.1 Å². The average Bonchev–Trinajstić information content (AvgIpc) is 2.47. The van der Waals surface area contributed by atoms with Crippen LogP contribution in [-0.4, -0.2) is 27.3 Å². The standard InChI is InChI=1S/C14H14N4O/c15-11-3-4-13(17-8-11)14(19)18-7-5-12-10(9-18)2-1-6-16-12/h1-4,6,8H,5,7,9,15H2. The van der Waals surface area contributed by atoms with E-state index in [4.69, 9.17) is 5.73 Å². The number of hydrogen-bond acceptors (Lipinski definition) is 4. The van der Waals surface area contributed by atoms with E-state index in [0.29, 0.717) is 24.5 Å². The van der Waals surface area contributed by atoms with Crippen molar-refractivity contribution in [3.05, 3.63) is 53.6 Å². The van der Waals surface area contributed by atoms with Gasteiger partial charge in [0.1, 0.15) is 5.69 Å². The van der Waals surface area contributed by atoms with E-state index in [9.17, 15) is 4.79 Å². The van der Waals surface area contributed by atoms with Gasteiger partial charge in [-0.3, -0.25) is 9.78 Å². The summed E-state index contributed by atoms with van der Waals surface area (Å²) in [6.45, 7) is 1.27. The summed E-state index contributed by atoms with van der Waals surface area (Å²) in [5, 5.41) is 0. The van der Waals surface area contributed by atoms with Crippen molar-refractivity contribution in [2.75, 3.05) is 12.3 Å². The zero-order valence-corrected chi connectivity index (χ0v) is 10.4. The first-order chi connectivity index (χ1) is 9.24. The van der Waals surface area contributed by atoms with Crippen LogP contribution in [0.2, 0.25) is 0 Å². The summed E-state index contributed by atoms with van der Waals surface area (Å²) >= 11 is 0. The Labute approximate surface area is 111 Å². The van der Waals surface area contributed by atoms with E-state index in [1.807, 2.05) is 12.1 Å². The van der Waals surface area contributed by atoms with Crippen LogP contribution in [0.15, 0.2) is 36.7 Å². The van der Waals surface area contributed by atoms with E-state index in [1.54, 1.807) is 23.2 Å². The smallest absolute Gasteiger partial charge is 0.272 e. The zero-order valence-electron chi connectivity index (χ0n) is 10.4. The minimum Gasteiger partial charge on any atom is -0.397 e. The third-order valence-electron chi connectivity index (χ3n) is 3.26. The van der Waals surface area contributed by atoms with E-state index in [0.717, 1.165) is 17.7 Å². The van der Waals surface area contributed by atoms with Crippen LogP contribution in [0.4, 0.5) is 5.69 Å². The maximum atomic E-state index is 12.3. The molecule has 1 aliphatic rings. The van der Waals surface area contributed by atoms with Gasteiger partial charge in [0.05, 0.1) is 11.9 Å². The molecule has 0 aromatic carbocycles. The van der Waals surface area contributed by atoms with E-state index in [1.165, 1.54) is 6.20 Å². The average molecular weight is 254 g/mol. The number of nitrogens with two attached hydrogens (primary N) is 1. The highest BCUT2D eigenvalue weighted by atomic mass is 16.2. The van der Waals surface area contributed by atoms with Crippen molar-refractivity contribution in [2.45, 2.75) is 13.0 Å². The first-order valence-corrected chi connectivity index (χ1v) is 6.17. The minimum absolute atomic E-state index is 0.0606. The number of carbonyl (C=O) groups is 1. The van der Waals surface area contributed by atoms with Crippen LogP contribution in [0.1, 0.15) is 21.7 Å². The van der Waals surface area contributed by atoms with Crippen LogP contribution in [0, 0.1) is 0 Å². The van der Waals surface area contributed by atoms with Crippen molar-refractivity contribution in [1.29, 1.82) is 0 Å². The van der Waals surface area contributed by atoms with Gasteiger partial charge in [-0.2, -0.15) is 0 Å². The molecule has 0 aliphatic carbocycles. The van der Waals surface area contributed by atoms with E-state index >= 15 is 0 Å². The largest absolute Gasteiger partial charge is 0.397 e. The summed E-state index contributed by atoms with van der Waals surface area (Å²) in [6.07, 6.45) is 4.08.